The van der Waals surface area contributed by atoms with E-state index >= 15 is 0 Å². The molecular weight excluding hydrogens is 212 g/mol. The fourth-order valence-electron chi connectivity index (χ4n) is 4.93. The first-order valence-electron chi connectivity index (χ1n) is 7.36. The van der Waals surface area contributed by atoms with E-state index < -0.39 is 0 Å². The van der Waals surface area contributed by atoms with Crippen LogP contribution in [0.3, 0.4) is 0 Å². The molecule has 3 nitrogen and oxygen atoms in total. The number of amides is 1. The molecule has 4 atom stereocenters. The van der Waals surface area contributed by atoms with Crippen molar-refractivity contribution in [1.82, 2.24) is 10.2 Å². The first-order valence-corrected chi connectivity index (χ1v) is 7.36. The summed E-state index contributed by atoms with van der Waals surface area (Å²) < 4.78 is 0. The van der Waals surface area contributed by atoms with Gasteiger partial charge < -0.3 is 10.2 Å². The maximum atomic E-state index is 12.5. The fourth-order valence-corrected chi connectivity index (χ4v) is 4.93. The number of hydrogen-bond donors (Lipinski definition) is 1. The third-order valence-corrected chi connectivity index (χ3v) is 5.67. The van der Waals surface area contributed by atoms with E-state index in [1.165, 1.54) is 19.3 Å². The summed E-state index contributed by atoms with van der Waals surface area (Å²) >= 11 is 0. The molecule has 1 heterocycles. The Morgan fingerprint density at radius 3 is 2.59 bits per heavy atom. The van der Waals surface area contributed by atoms with Crippen LogP contribution in [0.5, 0.6) is 0 Å². The van der Waals surface area contributed by atoms with Gasteiger partial charge in [0.1, 0.15) is 0 Å². The molecule has 2 bridgehead atoms. The summed E-state index contributed by atoms with van der Waals surface area (Å²) in [6, 6.07) is 0. The highest BCUT2D eigenvalue weighted by Gasteiger charge is 2.67. The van der Waals surface area contributed by atoms with Gasteiger partial charge in [0, 0.05) is 25.6 Å². The van der Waals surface area contributed by atoms with Crippen LogP contribution in [-0.2, 0) is 4.79 Å². The smallest absolute Gasteiger partial charge is 0.226 e. The molecule has 0 aromatic carbocycles. The van der Waals surface area contributed by atoms with Crippen molar-refractivity contribution in [3.63, 3.8) is 0 Å². The van der Waals surface area contributed by atoms with E-state index in [0.717, 1.165) is 56.3 Å². The largest absolute Gasteiger partial charge is 0.341 e. The molecule has 17 heavy (non-hydrogen) atoms. The van der Waals surface area contributed by atoms with E-state index in [1.807, 2.05) is 0 Å². The molecule has 3 aliphatic carbocycles. The normalized spacial score (nSPS) is 47.8. The van der Waals surface area contributed by atoms with Gasteiger partial charge in [0.05, 0.1) is 0 Å². The van der Waals surface area contributed by atoms with Crippen molar-refractivity contribution >= 4 is 5.91 Å². The number of nitrogens with zero attached hydrogens (tertiary/aromatic N) is 1. The van der Waals surface area contributed by atoms with Gasteiger partial charge in [-0.15, -0.1) is 0 Å². The number of carbonyl (C=O) groups is 1. The van der Waals surface area contributed by atoms with Crippen LogP contribution in [0.1, 0.15) is 25.7 Å². The minimum atomic E-state index is 0.444. The fraction of sp³-hybridized carbons (Fsp3) is 0.929. The predicted octanol–water partition coefficient (Wildman–Crippen LogP) is 1.10. The number of fused-ring (bicyclic) bond motifs is 5. The second-order valence-corrected chi connectivity index (χ2v) is 6.44. The molecule has 94 valence electrons. The van der Waals surface area contributed by atoms with E-state index in [2.05, 4.69) is 10.2 Å². The molecule has 0 aromatic rings. The van der Waals surface area contributed by atoms with E-state index in [9.17, 15) is 4.79 Å². The zero-order valence-corrected chi connectivity index (χ0v) is 10.4. The van der Waals surface area contributed by atoms with Crippen molar-refractivity contribution in [2.45, 2.75) is 25.7 Å². The van der Waals surface area contributed by atoms with Crippen LogP contribution < -0.4 is 5.32 Å². The third-order valence-electron chi connectivity index (χ3n) is 5.67. The van der Waals surface area contributed by atoms with E-state index in [-0.39, 0.29) is 0 Å². The van der Waals surface area contributed by atoms with Crippen LogP contribution in [0.2, 0.25) is 0 Å². The molecule has 1 N–H and O–H groups in total. The summed E-state index contributed by atoms with van der Waals surface area (Å²) in [7, 11) is 0. The quantitative estimate of drug-likeness (QED) is 0.737. The molecule has 4 unspecified atom stereocenters. The monoisotopic (exact) mass is 234 g/mol. The molecule has 1 amide bonds. The molecule has 1 saturated heterocycles. The van der Waals surface area contributed by atoms with Crippen LogP contribution in [0, 0.1) is 29.6 Å². The lowest BCUT2D eigenvalue weighted by atomic mass is 10.0. The number of carbonyl (C=O) groups excluding carboxylic acids is 1. The van der Waals surface area contributed by atoms with Gasteiger partial charge in [0.25, 0.3) is 0 Å². The second-order valence-electron chi connectivity index (χ2n) is 6.44. The zero-order valence-electron chi connectivity index (χ0n) is 10.4. The first kappa shape index (κ1) is 10.4. The first-order chi connectivity index (χ1) is 8.36. The second kappa shape index (κ2) is 3.71. The maximum Gasteiger partial charge on any atom is 0.226 e. The van der Waals surface area contributed by atoms with Crippen LogP contribution >= 0.6 is 0 Å². The van der Waals surface area contributed by atoms with Gasteiger partial charge in [0.15, 0.2) is 0 Å². The molecule has 4 aliphatic rings. The molecule has 3 heteroatoms. The van der Waals surface area contributed by atoms with Crippen molar-refractivity contribution < 1.29 is 4.79 Å². The molecule has 0 radical (unpaired) electrons. The van der Waals surface area contributed by atoms with Crippen molar-refractivity contribution in [2.75, 3.05) is 26.2 Å². The van der Waals surface area contributed by atoms with Gasteiger partial charge in [-0.2, -0.15) is 0 Å². The average molecular weight is 234 g/mol. The summed E-state index contributed by atoms with van der Waals surface area (Å²) in [6.45, 7) is 3.98. The Kier molecular flexibility index (Phi) is 2.26. The lowest BCUT2D eigenvalue weighted by Gasteiger charge is -2.21. The van der Waals surface area contributed by atoms with Crippen molar-refractivity contribution in [1.29, 1.82) is 0 Å². The lowest BCUT2D eigenvalue weighted by Crippen LogP contribution is -2.36. The molecule has 3 saturated carbocycles. The highest BCUT2D eigenvalue weighted by Crippen LogP contribution is 2.69. The highest BCUT2D eigenvalue weighted by atomic mass is 16.2. The molecule has 0 spiro atoms. The Labute approximate surface area is 103 Å². The summed E-state index contributed by atoms with van der Waals surface area (Å²) in [6.07, 6.45) is 5.40. The van der Waals surface area contributed by atoms with Gasteiger partial charge in [-0.3, -0.25) is 4.79 Å². The number of hydrogen-bond acceptors (Lipinski definition) is 2. The number of rotatable bonds is 1. The Hall–Kier alpha value is -0.570. The summed E-state index contributed by atoms with van der Waals surface area (Å²) in [5, 5.41) is 3.38. The highest BCUT2D eigenvalue weighted by molar-refractivity contribution is 5.83. The standard InChI is InChI=1S/C14H22N2O/c17-14(16-6-1-4-15-5-7-16)13-11-9-2-3-10(8-9)12(11)13/h9-13,15H,1-8H2. The SMILES string of the molecule is O=C(C1C2C3CCC(C3)C12)N1CCCNCC1. The Bertz CT molecular complexity index is 319. The van der Waals surface area contributed by atoms with Crippen LogP contribution in [0.15, 0.2) is 0 Å². The van der Waals surface area contributed by atoms with Crippen molar-refractivity contribution in [2.24, 2.45) is 29.6 Å². The van der Waals surface area contributed by atoms with E-state index in [4.69, 9.17) is 0 Å². The minimum Gasteiger partial charge on any atom is -0.341 e. The van der Waals surface area contributed by atoms with E-state index in [1.54, 1.807) is 0 Å². The molecular formula is C14H22N2O. The molecule has 4 fully saturated rings. The Morgan fingerprint density at radius 2 is 1.82 bits per heavy atom. The van der Waals surface area contributed by atoms with Gasteiger partial charge in [-0.05, 0) is 55.9 Å². The summed E-state index contributed by atoms with van der Waals surface area (Å²) in [4.78, 5) is 14.7. The van der Waals surface area contributed by atoms with Crippen LogP contribution in [-0.4, -0.2) is 37.0 Å². The molecule has 1 aliphatic heterocycles. The summed E-state index contributed by atoms with van der Waals surface area (Å²) in [5.41, 5.74) is 0. The maximum absolute atomic E-state index is 12.5. The third kappa shape index (κ3) is 1.48. The van der Waals surface area contributed by atoms with Gasteiger partial charge in [-0.1, -0.05) is 0 Å². The van der Waals surface area contributed by atoms with Crippen molar-refractivity contribution in [3.8, 4) is 0 Å². The minimum absolute atomic E-state index is 0.444. The molecule has 0 aromatic heterocycles. The van der Waals surface area contributed by atoms with E-state index in [0.29, 0.717) is 11.8 Å². The predicted molar refractivity (Wildman–Crippen MR) is 65.4 cm³/mol. The van der Waals surface area contributed by atoms with Crippen molar-refractivity contribution in [3.05, 3.63) is 0 Å². The zero-order chi connectivity index (χ0) is 11.4. The van der Waals surface area contributed by atoms with Gasteiger partial charge >= 0.3 is 0 Å². The van der Waals surface area contributed by atoms with Crippen LogP contribution in [0.25, 0.3) is 0 Å². The van der Waals surface area contributed by atoms with Crippen LogP contribution in [0.4, 0.5) is 0 Å². The topological polar surface area (TPSA) is 32.3 Å². The Balaban J connectivity index is 1.44. The Morgan fingerprint density at radius 1 is 1.06 bits per heavy atom. The lowest BCUT2D eigenvalue weighted by molar-refractivity contribution is -0.133. The van der Waals surface area contributed by atoms with Gasteiger partial charge in [-0.25, -0.2) is 0 Å². The number of nitrogens with one attached hydrogen (secondary N) is 1. The average Bonchev–Trinajstić information content (AvgIpc) is 2.93. The summed E-state index contributed by atoms with van der Waals surface area (Å²) in [5.74, 6) is 4.39. The van der Waals surface area contributed by atoms with Gasteiger partial charge in [0.2, 0.25) is 5.91 Å². The molecule has 4 rings (SSSR count).